The summed E-state index contributed by atoms with van der Waals surface area (Å²) in [5.41, 5.74) is 0.983. The standard InChI is InChI=1S/C19H21N5O/c1-2-6-16(7-3-1)19-22-18(25-23-19)14-24-11-9-15(13-24)12-21-17-8-4-5-10-20-17/h1-8,10,15H,9,11-14H2,(H,20,21). The van der Waals surface area contributed by atoms with Crippen molar-refractivity contribution in [1.82, 2.24) is 20.0 Å². The predicted molar refractivity (Wildman–Crippen MR) is 95.8 cm³/mol. The van der Waals surface area contributed by atoms with E-state index in [1.807, 2.05) is 54.7 Å². The summed E-state index contributed by atoms with van der Waals surface area (Å²) in [5.74, 6) is 2.88. The molecule has 1 atom stereocenters. The van der Waals surface area contributed by atoms with Crippen LogP contribution in [0.2, 0.25) is 0 Å². The van der Waals surface area contributed by atoms with Crippen molar-refractivity contribution in [2.24, 2.45) is 5.92 Å². The van der Waals surface area contributed by atoms with Crippen LogP contribution in [-0.2, 0) is 6.54 Å². The van der Waals surface area contributed by atoms with Gasteiger partial charge in [-0.05, 0) is 31.0 Å². The average molecular weight is 335 g/mol. The third-order valence-electron chi connectivity index (χ3n) is 4.47. The van der Waals surface area contributed by atoms with Crippen molar-refractivity contribution in [2.45, 2.75) is 13.0 Å². The number of nitrogens with one attached hydrogen (secondary N) is 1. The molecule has 1 unspecified atom stereocenters. The van der Waals surface area contributed by atoms with E-state index in [-0.39, 0.29) is 0 Å². The number of nitrogens with zero attached hydrogens (tertiary/aromatic N) is 4. The summed E-state index contributed by atoms with van der Waals surface area (Å²) in [6.07, 6.45) is 2.97. The lowest BCUT2D eigenvalue weighted by Gasteiger charge is -2.14. The van der Waals surface area contributed by atoms with Gasteiger partial charge in [-0.3, -0.25) is 4.90 Å². The van der Waals surface area contributed by atoms with Crippen LogP contribution in [0.3, 0.4) is 0 Å². The van der Waals surface area contributed by atoms with E-state index in [4.69, 9.17) is 4.52 Å². The zero-order valence-electron chi connectivity index (χ0n) is 14.0. The van der Waals surface area contributed by atoms with Gasteiger partial charge in [-0.25, -0.2) is 4.98 Å². The number of hydrogen-bond acceptors (Lipinski definition) is 6. The van der Waals surface area contributed by atoms with Crippen LogP contribution in [-0.4, -0.2) is 39.7 Å². The van der Waals surface area contributed by atoms with Gasteiger partial charge in [-0.15, -0.1) is 0 Å². The zero-order valence-corrected chi connectivity index (χ0v) is 14.0. The van der Waals surface area contributed by atoms with Gasteiger partial charge in [0.25, 0.3) is 0 Å². The summed E-state index contributed by atoms with van der Waals surface area (Å²) in [6.45, 7) is 3.73. The van der Waals surface area contributed by atoms with Crippen molar-refractivity contribution >= 4 is 5.82 Å². The number of aromatic nitrogens is 3. The molecule has 2 aromatic heterocycles. The Morgan fingerprint density at radius 1 is 1.12 bits per heavy atom. The molecule has 0 amide bonds. The van der Waals surface area contributed by atoms with Crippen LogP contribution in [0.5, 0.6) is 0 Å². The van der Waals surface area contributed by atoms with E-state index >= 15 is 0 Å². The molecule has 1 saturated heterocycles. The molecule has 1 N–H and O–H groups in total. The third kappa shape index (κ3) is 4.03. The molecule has 3 heterocycles. The Balaban J connectivity index is 1.29. The van der Waals surface area contributed by atoms with Crippen molar-refractivity contribution in [1.29, 1.82) is 0 Å². The molecule has 128 valence electrons. The van der Waals surface area contributed by atoms with E-state index in [1.165, 1.54) is 6.42 Å². The number of likely N-dealkylation sites (tertiary alicyclic amines) is 1. The molecule has 0 spiro atoms. The molecule has 1 aliphatic heterocycles. The van der Waals surface area contributed by atoms with Gasteiger partial charge in [0, 0.05) is 24.8 Å². The van der Waals surface area contributed by atoms with Crippen LogP contribution < -0.4 is 5.32 Å². The molecule has 0 saturated carbocycles. The highest BCUT2D eigenvalue weighted by atomic mass is 16.5. The topological polar surface area (TPSA) is 67.1 Å². The number of benzene rings is 1. The zero-order chi connectivity index (χ0) is 16.9. The SMILES string of the molecule is c1ccc(-c2noc(CN3CCC(CNc4ccccn4)C3)n2)cc1. The second-order valence-corrected chi connectivity index (χ2v) is 6.36. The van der Waals surface area contributed by atoms with Crippen LogP contribution in [0.1, 0.15) is 12.3 Å². The first kappa shape index (κ1) is 15.8. The molecule has 4 rings (SSSR count). The molecule has 1 aliphatic rings. The van der Waals surface area contributed by atoms with Crippen molar-refractivity contribution in [3.05, 3.63) is 60.6 Å². The number of rotatable bonds is 6. The maximum absolute atomic E-state index is 5.42. The Labute approximate surface area is 146 Å². The largest absolute Gasteiger partial charge is 0.370 e. The molecule has 0 bridgehead atoms. The molecule has 0 radical (unpaired) electrons. The van der Waals surface area contributed by atoms with Gasteiger partial charge in [0.15, 0.2) is 0 Å². The normalized spacial score (nSPS) is 17.7. The first-order valence-electron chi connectivity index (χ1n) is 8.62. The van der Waals surface area contributed by atoms with Gasteiger partial charge in [-0.2, -0.15) is 4.98 Å². The van der Waals surface area contributed by atoms with Gasteiger partial charge >= 0.3 is 0 Å². The summed E-state index contributed by atoms with van der Waals surface area (Å²) in [5, 5.41) is 7.50. The van der Waals surface area contributed by atoms with Crippen molar-refractivity contribution < 1.29 is 4.52 Å². The Morgan fingerprint density at radius 2 is 2.00 bits per heavy atom. The minimum Gasteiger partial charge on any atom is -0.370 e. The van der Waals surface area contributed by atoms with Crippen molar-refractivity contribution in [2.75, 3.05) is 25.0 Å². The maximum Gasteiger partial charge on any atom is 0.241 e. The van der Waals surface area contributed by atoms with Crippen LogP contribution >= 0.6 is 0 Å². The van der Waals surface area contributed by atoms with E-state index in [0.29, 0.717) is 24.2 Å². The summed E-state index contributed by atoms with van der Waals surface area (Å²) in [7, 11) is 0. The fraction of sp³-hybridized carbons (Fsp3) is 0.316. The molecule has 1 fully saturated rings. The quantitative estimate of drug-likeness (QED) is 0.747. The van der Waals surface area contributed by atoms with Crippen LogP contribution in [0.4, 0.5) is 5.82 Å². The summed E-state index contributed by atoms with van der Waals surface area (Å²) in [4.78, 5) is 11.2. The minimum atomic E-state index is 0.610. The lowest BCUT2D eigenvalue weighted by molar-refractivity contribution is 0.261. The second kappa shape index (κ2) is 7.44. The Hall–Kier alpha value is -2.73. The fourth-order valence-electron chi connectivity index (χ4n) is 3.15. The van der Waals surface area contributed by atoms with Gasteiger partial charge in [0.05, 0.1) is 6.54 Å². The van der Waals surface area contributed by atoms with Gasteiger partial charge in [0.2, 0.25) is 11.7 Å². The second-order valence-electron chi connectivity index (χ2n) is 6.36. The van der Waals surface area contributed by atoms with E-state index in [9.17, 15) is 0 Å². The summed E-state index contributed by atoms with van der Waals surface area (Å²) in [6, 6.07) is 15.8. The number of pyridine rings is 1. The highest BCUT2D eigenvalue weighted by molar-refractivity contribution is 5.53. The monoisotopic (exact) mass is 335 g/mol. The third-order valence-corrected chi connectivity index (χ3v) is 4.47. The predicted octanol–water partition coefficient (Wildman–Crippen LogP) is 3.07. The Bertz CT molecular complexity index is 790. The molecule has 3 aromatic rings. The first-order chi connectivity index (χ1) is 12.4. The molecule has 0 aliphatic carbocycles. The Morgan fingerprint density at radius 3 is 2.84 bits per heavy atom. The van der Waals surface area contributed by atoms with Crippen LogP contribution in [0.15, 0.2) is 59.3 Å². The van der Waals surface area contributed by atoms with E-state index in [2.05, 4.69) is 25.3 Å². The lowest BCUT2D eigenvalue weighted by atomic mass is 10.1. The van der Waals surface area contributed by atoms with Crippen LogP contribution in [0, 0.1) is 5.92 Å². The molecule has 6 nitrogen and oxygen atoms in total. The maximum atomic E-state index is 5.42. The summed E-state index contributed by atoms with van der Waals surface area (Å²) >= 11 is 0. The van der Waals surface area contributed by atoms with Gasteiger partial charge in [0.1, 0.15) is 5.82 Å². The molecule has 25 heavy (non-hydrogen) atoms. The van der Waals surface area contributed by atoms with Crippen molar-refractivity contribution in [3.63, 3.8) is 0 Å². The molecular formula is C19H21N5O. The van der Waals surface area contributed by atoms with Crippen LogP contribution in [0.25, 0.3) is 11.4 Å². The van der Waals surface area contributed by atoms with Gasteiger partial charge in [-0.1, -0.05) is 41.6 Å². The first-order valence-corrected chi connectivity index (χ1v) is 8.62. The van der Waals surface area contributed by atoms with Gasteiger partial charge < -0.3 is 9.84 Å². The number of anilines is 1. The molecular weight excluding hydrogens is 314 g/mol. The average Bonchev–Trinajstić information content (AvgIpc) is 3.32. The fourth-order valence-corrected chi connectivity index (χ4v) is 3.15. The van der Waals surface area contributed by atoms with Crippen molar-refractivity contribution in [3.8, 4) is 11.4 Å². The lowest BCUT2D eigenvalue weighted by Crippen LogP contribution is -2.23. The van der Waals surface area contributed by atoms with E-state index in [0.717, 1.165) is 31.0 Å². The minimum absolute atomic E-state index is 0.610. The smallest absolute Gasteiger partial charge is 0.241 e. The number of hydrogen-bond donors (Lipinski definition) is 1. The molecule has 6 heteroatoms. The van der Waals surface area contributed by atoms with E-state index in [1.54, 1.807) is 0 Å². The summed E-state index contributed by atoms with van der Waals surface area (Å²) < 4.78 is 5.42. The molecule has 1 aromatic carbocycles. The highest BCUT2D eigenvalue weighted by Gasteiger charge is 2.24. The Kier molecular flexibility index (Phi) is 4.70. The highest BCUT2D eigenvalue weighted by Crippen LogP contribution is 2.20. The van der Waals surface area contributed by atoms with E-state index < -0.39 is 0 Å².